The van der Waals surface area contributed by atoms with Gasteiger partial charge in [-0.1, -0.05) is 18.2 Å². The van der Waals surface area contributed by atoms with Gasteiger partial charge in [0.05, 0.1) is 0 Å². The Bertz CT molecular complexity index is 549. The molecule has 0 unspecified atom stereocenters. The van der Waals surface area contributed by atoms with E-state index in [1.165, 1.54) is 0 Å². The summed E-state index contributed by atoms with van der Waals surface area (Å²) in [6.45, 7) is 3.83. The molecule has 0 aliphatic rings. The molecule has 1 amide bonds. The Morgan fingerprint density at radius 2 is 1.94 bits per heavy atom. The lowest BCUT2D eigenvalue weighted by atomic mass is 10.1. The number of aryl methyl sites for hydroxylation is 2. The highest BCUT2D eigenvalue weighted by Crippen LogP contribution is 2.14. The van der Waals surface area contributed by atoms with E-state index in [4.69, 9.17) is 0 Å². The van der Waals surface area contributed by atoms with Gasteiger partial charge in [-0.2, -0.15) is 0 Å². The molecule has 0 fully saturated rings. The van der Waals surface area contributed by atoms with Crippen LogP contribution in [0.4, 0.5) is 5.69 Å². The number of rotatable bonds is 2. The SMILES string of the molecule is Cc1cc(C(=O)Nc2ccccc2C)ccn1. The summed E-state index contributed by atoms with van der Waals surface area (Å²) in [5.41, 5.74) is 3.35. The number of nitrogens with one attached hydrogen (secondary N) is 1. The molecule has 0 aliphatic heterocycles. The van der Waals surface area contributed by atoms with Crippen LogP contribution in [0.3, 0.4) is 0 Å². The van der Waals surface area contributed by atoms with Crippen LogP contribution in [-0.2, 0) is 0 Å². The number of para-hydroxylation sites is 1. The van der Waals surface area contributed by atoms with E-state index in [9.17, 15) is 4.79 Å². The molecule has 0 saturated carbocycles. The number of amides is 1. The smallest absolute Gasteiger partial charge is 0.255 e. The minimum atomic E-state index is -0.107. The van der Waals surface area contributed by atoms with Crippen molar-refractivity contribution in [1.82, 2.24) is 4.98 Å². The lowest BCUT2D eigenvalue weighted by Gasteiger charge is -2.08. The predicted octanol–water partition coefficient (Wildman–Crippen LogP) is 2.95. The molecule has 0 saturated heterocycles. The van der Waals surface area contributed by atoms with Crippen LogP contribution in [0.1, 0.15) is 21.6 Å². The molecule has 1 N–H and O–H groups in total. The lowest BCUT2D eigenvalue weighted by Crippen LogP contribution is -2.13. The van der Waals surface area contributed by atoms with Crippen LogP contribution in [0.25, 0.3) is 0 Å². The van der Waals surface area contributed by atoms with Crippen molar-refractivity contribution in [3.8, 4) is 0 Å². The van der Waals surface area contributed by atoms with Crippen LogP contribution in [-0.4, -0.2) is 10.9 Å². The van der Waals surface area contributed by atoms with Crippen LogP contribution in [0.2, 0.25) is 0 Å². The Morgan fingerprint density at radius 3 is 2.65 bits per heavy atom. The molecule has 1 aromatic carbocycles. The van der Waals surface area contributed by atoms with Gasteiger partial charge < -0.3 is 5.32 Å². The number of nitrogens with zero attached hydrogens (tertiary/aromatic N) is 1. The molecule has 2 rings (SSSR count). The molecule has 1 aromatic heterocycles. The number of aromatic nitrogens is 1. The number of anilines is 1. The summed E-state index contributed by atoms with van der Waals surface area (Å²) in [6, 6.07) is 11.2. The van der Waals surface area contributed by atoms with E-state index in [1.807, 2.05) is 38.1 Å². The zero-order valence-corrected chi connectivity index (χ0v) is 9.90. The fourth-order valence-electron chi connectivity index (χ4n) is 1.59. The number of carbonyl (C=O) groups is 1. The highest BCUT2D eigenvalue weighted by molar-refractivity contribution is 6.04. The van der Waals surface area contributed by atoms with Crippen molar-refractivity contribution in [2.45, 2.75) is 13.8 Å². The van der Waals surface area contributed by atoms with Gasteiger partial charge in [0.2, 0.25) is 0 Å². The number of pyridine rings is 1. The highest BCUT2D eigenvalue weighted by Gasteiger charge is 2.07. The molecule has 0 spiro atoms. The van der Waals surface area contributed by atoms with Gasteiger partial charge >= 0.3 is 0 Å². The standard InChI is InChI=1S/C14H14N2O/c1-10-5-3-4-6-13(10)16-14(17)12-7-8-15-11(2)9-12/h3-9H,1-2H3,(H,16,17). The Balaban J connectivity index is 2.20. The van der Waals surface area contributed by atoms with Crippen molar-refractivity contribution >= 4 is 11.6 Å². The molecule has 3 nitrogen and oxygen atoms in total. The molecular weight excluding hydrogens is 212 g/mol. The largest absolute Gasteiger partial charge is 0.322 e. The van der Waals surface area contributed by atoms with Crippen molar-refractivity contribution in [2.24, 2.45) is 0 Å². The summed E-state index contributed by atoms with van der Waals surface area (Å²) in [6.07, 6.45) is 1.64. The molecular formula is C14H14N2O. The van der Waals surface area contributed by atoms with E-state index in [1.54, 1.807) is 18.3 Å². The maximum absolute atomic E-state index is 12.0. The highest BCUT2D eigenvalue weighted by atomic mass is 16.1. The second-order valence-electron chi connectivity index (χ2n) is 3.95. The van der Waals surface area contributed by atoms with Crippen LogP contribution >= 0.6 is 0 Å². The third-order valence-corrected chi connectivity index (χ3v) is 2.55. The van der Waals surface area contributed by atoms with Gasteiger partial charge in [-0.05, 0) is 37.6 Å². The van der Waals surface area contributed by atoms with Gasteiger partial charge in [-0.15, -0.1) is 0 Å². The van der Waals surface area contributed by atoms with E-state index < -0.39 is 0 Å². The van der Waals surface area contributed by atoms with E-state index in [2.05, 4.69) is 10.3 Å². The topological polar surface area (TPSA) is 42.0 Å². The molecule has 0 atom stereocenters. The van der Waals surface area contributed by atoms with E-state index in [0.717, 1.165) is 16.9 Å². The summed E-state index contributed by atoms with van der Waals surface area (Å²) < 4.78 is 0. The Hall–Kier alpha value is -2.16. The first-order chi connectivity index (χ1) is 8.16. The fraction of sp³-hybridized carbons (Fsp3) is 0.143. The minimum Gasteiger partial charge on any atom is -0.322 e. The van der Waals surface area contributed by atoms with Gasteiger partial charge in [0.15, 0.2) is 0 Å². The predicted molar refractivity (Wildman–Crippen MR) is 68.1 cm³/mol. The van der Waals surface area contributed by atoms with Crippen LogP contribution in [0.5, 0.6) is 0 Å². The van der Waals surface area contributed by atoms with Crippen LogP contribution in [0.15, 0.2) is 42.6 Å². The van der Waals surface area contributed by atoms with Gasteiger partial charge in [-0.25, -0.2) is 0 Å². The molecule has 2 aromatic rings. The average molecular weight is 226 g/mol. The summed E-state index contributed by atoms with van der Waals surface area (Å²) in [5.74, 6) is -0.107. The maximum atomic E-state index is 12.0. The normalized spacial score (nSPS) is 10.0. The number of benzene rings is 1. The van der Waals surface area contributed by atoms with E-state index in [0.29, 0.717) is 5.56 Å². The summed E-state index contributed by atoms with van der Waals surface area (Å²) >= 11 is 0. The molecule has 0 bridgehead atoms. The monoisotopic (exact) mass is 226 g/mol. The second kappa shape index (κ2) is 4.78. The Kier molecular flexibility index (Phi) is 3.19. The van der Waals surface area contributed by atoms with Gasteiger partial charge in [0, 0.05) is 23.1 Å². The first-order valence-electron chi connectivity index (χ1n) is 5.46. The Labute approximate surface area is 101 Å². The van der Waals surface area contributed by atoms with Crippen LogP contribution < -0.4 is 5.32 Å². The molecule has 0 radical (unpaired) electrons. The van der Waals surface area contributed by atoms with Crippen molar-refractivity contribution < 1.29 is 4.79 Å². The first kappa shape index (κ1) is 11.3. The van der Waals surface area contributed by atoms with Crippen LogP contribution in [0, 0.1) is 13.8 Å². The number of hydrogen-bond acceptors (Lipinski definition) is 2. The second-order valence-corrected chi connectivity index (χ2v) is 3.95. The van der Waals surface area contributed by atoms with Crippen molar-refractivity contribution in [1.29, 1.82) is 0 Å². The third-order valence-electron chi connectivity index (χ3n) is 2.55. The summed E-state index contributed by atoms with van der Waals surface area (Å²) in [4.78, 5) is 16.0. The third kappa shape index (κ3) is 2.69. The van der Waals surface area contributed by atoms with Crippen molar-refractivity contribution in [3.63, 3.8) is 0 Å². The van der Waals surface area contributed by atoms with Gasteiger partial charge in [0.1, 0.15) is 0 Å². The number of hydrogen-bond donors (Lipinski definition) is 1. The first-order valence-corrected chi connectivity index (χ1v) is 5.46. The minimum absolute atomic E-state index is 0.107. The molecule has 17 heavy (non-hydrogen) atoms. The van der Waals surface area contributed by atoms with E-state index in [-0.39, 0.29) is 5.91 Å². The average Bonchev–Trinajstić information content (AvgIpc) is 2.32. The molecule has 86 valence electrons. The summed E-state index contributed by atoms with van der Waals surface area (Å²) in [5, 5.41) is 2.89. The Morgan fingerprint density at radius 1 is 1.18 bits per heavy atom. The fourth-order valence-corrected chi connectivity index (χ4v) is 1.59. The molecule has 0 aliphatic carbocycles. The van der Waals surface area contributed by atoms with Crippen molar-refractivity contribution in [2.75, 3.05) is 5.32 Å². The lowest BCUT2D eigenvalue weighted by molar-refractivity contribution is 0.102. The van der Waals surface area contributed by atoms with Gasteiger partial charge in [-0.3, -0.25) is 9.78 Å². The quantitative estimate of drug-likeness (QED) is 0.855. The van der Waals surface area contributed by atoms with Gasteiger partial charge in [0.25, 0.3) is 5.91 Å². The van der Waals surface area contributed by atoms with Crippen molar-refractivity contribution in [3.05, 3.63) is 59.4 Å². The molecule has 1 heterocycles. The zero-order chi connectivity index (χ0) is 12.3. The molecule has 3 heteroatoms. The summed E-state index contributed by atoms with van der Waals surface area (Å²) in [7, 11) is 0. The maximum Gasteiger partial charge on any atom is 0.255 e. The van der Waals surface area contributed by atoms with E-state index >= 15 is 0 Å². The number of carbonyl (C=O) groups excluding carboxylic acids is 1. The zero-order valence-electron chi connectivity index (χ0n) is 9.90.